The van der Waals surface area contributed by atoms with Gasteiger partial charge in [-0.25, -0.2) is 9.00 Å². The van der Waals surface area contributed by atoms with Crippen molar-refractivity contribution in [2.24, 2.45) is 0 Å². The number of carboxylic acid groups (broad SMARTS) is 1. The first-order valence-corrected chi connectivity index (χ1v) is 5.06. The van der Waals surface area contributed by atoms with Gasteiger partial charge in [-0.15, -0.1) is 0 Å². The summed E-state index contributed by atoms with van der Waals surface area (Å²) in [6.45, 7) is 1.57. The maximum absolute atomic E-state index is 10.8. The van der Waals surface area contributed by atoms with E-state index in [1.54, 1.807) is 6.92 Å². The zero-order valence-corrected chi connectivity index (χ0v) is 8.72. The van der Waals surface area contributed by atoms with Crippen LogP contribution in [0.5, 0.6) is 0 Å². The topological polar surface area (TPSA) is 74.6 Å². The van der Waals surface area contributed by atoms with Gasteiger partial charge >= 0.3 is 5.97 Å². The monoisotopic (exact) mass is 234 g/mol. The predicted molar refractivity (Wildman–Crippen MR) is 52.2 cm³/mol. The number of rotatable bonds is 2. The van der Waals surface area contributed by atoms with Crippen molar-refractivity contribution in [3.63, 3.8) is 0 Å². The van der Waals surface area contributed by atoms with Gasteiger partial charge in [-0.2, -0.15) is 0 Å². The average molecular weight is 235 g/mol. The Morgan fingerprint density at radius 1 is 1.50 bits per heavy atom. The predicted octanol–water partition coefficient (Wildman–Crippen LogP) is 1.93. The van der Waals surface area contributed by atoms with Crippen LogP contribution in [0.4, 0.5) is 0 Å². The molecule has 1 aromatic carbocycles. The molecule has 0 spiro atoms. The van der Waals surface area contributed by atoms with Gasteiger partial charge in [0.05, 0.1) is 15.5 Å². The van der Waals surface area contributed by atoms with Crippen LogP contribution in [-0.4, -0.2) is 19.8 Å². The number of aromatic carboxylic acids is 1. The summed E-state index contributed by atoms with van der Waals surface area (Å²) >= 11 is 3.45. The van der Waals surface area contributed by atoms with Gasteiger partial charge in [0, 0.05) is 0 Å². The fraction of sp³-hybridized carbons (Fsp3) is 0.125. The van der Waals surface area contributed by atoms with Crippen molar-refractivity contribution in [1.29, 1.82) is 0 Å². The van der Waals surface area contributed by atoms with Crippen LogP contribution in [0.2, 0.25) is 5.02 Å². The van der Waals surface area contributed by atoms with E-state index in [2.05, 4.69) is 0 Å². The van der Waals surface area contributed by atoms with E-state index in [9.17, 15) is 9.00 Å². The summed E-state index contributed by atoms with van der Waals surface area (Å²) in [5.74, 6) is -1.16. The second-order valence-corrected chi connectivity index (χ2v) is 3.98. The van der Waals surface area contributed by atoms with E-state index in [1.165, 1.54) is 6.07 Å². The molecule has 0 aliphatic rings. The Labute approximate surface area is 87.8 Å². The van der Waals surface area contributed by atoms with Crippen LogP contribution in [0.25, 0.3) is 0 Å². The minimum atomic E-state index is -2.27. The van der Waals surface area contributed by atoms with Crippen molar-refractivity contribution >= 4 is 28.7 Å². The first-order chi connectivity index (χ1) is 6.43. The molecular weight excluding hydrogens is 228 g/mol. The maximum Gasteiger partial charge on any atom is 0.335 e. The van der Waals surface area contributed by atoms with Gasteiger partial charge in [0.25, 0.3) is 0 Å². The fourth-order valence-corrected chi connectivity index (χ4v) is 1.84. The van der Waals surface area contributed by atoms with Crippen LogP contribution in [0.15, 0.2) is 17.0 Å². The molecule has 76 valence electrons. The molecule has 0 fully saturated rings. The number of hydrogen-bond donors (Lipinski definition) is 2. The third-order valence-corrected chi connectivity index (χ3v) is 2.97. The molecule has 2 N–H and O–H groups in total. The highest BCUT2D eigenvalue weighted by atomic mass is 35.5. The molecule has 1 unspecified atom stereocenters. The van der Waals surface area contributed by atoms with Gasteiger partial charge in [-0.05, 0) is 24.6 Å². The van der Waals surface area contributed by atoms with Gasteiger partial charge in [0.15, 0.2) is 11.1 Å². The Balaban J connectivity index is 3.43. The van der Waals surface area contributed by atoms with E-state index in [4.69, 9.17) is 21.3 Å². The normalized spacial score (nSPS) is 12.5. The second-order valence-electron chi connectivity index (χ2n) is 2.66. The second kappa shape index (κ2) is 4.08. The minimum absolute atomic E-state index is 0.0516. The summed E-state index contributed by atoms with van der Waals surface area (Å²) in [5, 5.41) is 8.80. The van der Waals surface area contributed by atoms with Gasteiger partial charge < -0.3 is 9.66 Å². The lowest BCUT2D eigenvalue weighted by atomic mass is 10.1. The summed E-state index contributed by atoms with van der Waals surface area (Å²) in [6.07, 6.45) is 0. The van der Waals surface area contributed by atoms with Gasteiger partial charge in [0.2, 0.25) is 0 Å². The lowest BCUT2D eigenvalue weighted by molar-refractivity contribution is 0.0696. The molecule has 0 bridgehead atoms. The summed E-state index contributed by atoms with van der Waals surface area (Å²) in [6, 6.07) is 2.44. The third kappa shape index (κ3) is 2.12. The van der Waals surface area contributed by atoms with Gasteiger partial charge in [0.1, 0.15) is 0 Å². The van der Waals surface area contributed by atoms with Gasteiger partial charge in [-0.3, -0.25) is 0 Å². The van der Waals surface area contributed by atoms with E-state index in [0.29, 0.717) is 5.56 Å². The largest absolute Gasteiger partial charge is 0.478 e. The summed E-state index contributed by atoms with van der Waals surface area (Å²) in [7, 11) is 0. The Morgan fingerprint density at radius 3 is 2.50 bits per heavy atom. The molecule has 0 aromatic heterocycles. The van der Waals surface area contributed by atoms with Crippen molar-refractivity contribution in [3.05, 3.63) is 28.3 Å². The molecule has 0 amide bonds. The Morgan fingerprint density at radius 2 is 2.07 bits per heavy atom. The number of hydrogen-bond acceptors (Lipinski definition) is 2. The van der Waals surface area contributed by atoms with Crippen LogP contribution in [0.3, 0.4) is 0 Å². The fourth-order valence-electron chi connectivity index (χ4n) is 0.988. The zero-order chi connectivity index (χ0) is 10.9. The Bertz CT molecular complexity index is 416. The van der Waals surface area contributed by atoms with E-state index in [1.807, 2.05) is 0 Å². The van der Waals surface area contributed by atoms with Gasteiger partial charge in [-0.1, -0.05) is 11.6 Å². The molecule has 1 rings (SSSR count). The molecule has 0 saturated heterocycles. The number of carbonyl (C=O) groups is 1. The Kier molecular flexibility index (Phi) is 3.25. The summed E-state index contributed by atoms with van der Waals surface area (Å²) in [5.41, 5.74) is 0.410. The zero-order valence-electron chi connectivity index (χ0n) is 7.15. The molecule has 0 radical (unpaired) electrons. The molecule has 1 atom stereocenters. The molecular formula is C8H7ClO4S. The van der Waals surface area contributed by atoms with Crippen LogP contribution in [-0.2, 0) is 11.1 Å². The molecule has 4 nitrogen and oxygen atoms in total. The number of benzene rings is 1. The number of halogens is 1. The third-order valence-electron chi connectivity index (χ3n) is 1.66. The highest BCUT2D eigenvalue weighted by molar-refractivity contribution is 7.79. The molecule has 14 heavy (non-hydrogen) atoms. The maximum atomic E-state index is 10.8. The highest BCUT2D eigenvalue weighted by Crippen LogP contribution is 2.24. The van der Waals surface area contributed by atoms with Crippen LogP contribution < -0.4 is 0 Å². The van der Waals surface area contributed by atoms with E-state index in [-0.39, 0.29) is 15.5 Å². The highest BCUT2D eigenvalue weighted by Gasteiger charge is 2.13. The standard InChI is InChI=1S/C8H7ClO4S/c1-4-2-5(8(10)11)3-6(7(4)9)14(12)13/h2-3H,1H3,(H,10,11)(H,12,13). The molecule has 6 heteroatoms. The van der Waals surface area contributed by atoms with Crippen molar-refractivity contribution in [3.8, 4) is 0 Å². The first kappa shape index (κ1) is 11.2. The lowest BCUT2D eigenvalue weighted by Crippen LogP contribution is -2.01. The SMILES string of the molecule is Cc1cc(C(=O)O)cc(S(=O)O)c1Cl. The number of carboxylic acids is 1. The molecule has 0 heterocycles. The molecule has 0 aliphatic carbocycles. The minimum Gasteiger partial charge on any atom is -0.478 e. The van der Waals surface area contributed by atoms with Crippen molar-refractivity contribution in [2.75, 3.05) is 0 Å². The van der Waals surface area contributed by atoms with E-state index >= 15 is 0 Å². The van der Waals surface area contributed by atoms with Crippen LogP contribution >= 0.6 is 11.6 Å². The van der Waals surface area contributed by atoms with E-state index in [0.717, 1.165) is 6.07 Å². The average Bonchev–Trinajstić information content (AvgIpc) is 2.08. The molecule has 0 saturated carbocycles. The smallest absolute Gasteiger partial charge is 0.335 e. The number of aryl methyl sites for hydroxylation is 1. The summed E-state index contributed by atoms with van der Waals surface area (Å²) < 4.78 is 19.6. The van der Waals surface area contributed by atoms with Crippen LogP contribution in [0.1, 0.15) is 15.9 Å². The molecule has 0 aliphatic heterocycles. The quantitative estimate of drug-likeness (QED) is 0.767. The Hall–Kier alpha value is -0.910. The lowest BCUT2D eigenvalue weighted by Gasteiger charge is -2.04. The van der Waals surface area contributed by atoms with E-state index < -0.39 is 17.0 Å². The van der Waals surface area contributed by atoms with Crippen LogP contribution in [0, 0.1) is 6.92 Å². The summed E-state index contributed by atoms with van der Waals surface area (Å²) in [4.78, 5) is 10.5. The first-order valence-electron chi connectivity index (χ1n) is 3.57. The van der Waals surface area contributed by atoms with Crippen molar-refractivity contribution in [2.45, 2.75) is 11.8 Å². The van der Waals surface area contributed by atoms with Crippen molar-refractivity contribution < 1.29 is 18.7 Å². The van der Waals surface area contributed by atoms with Crippen molar-refractivity contribution in [1.82, 2.24) is 0 Å². The molecule has 1 aromatic rings.